The van der Waals surface area contributed by atoms with E-state index in [1.165, 1.54) is 0 Å². The van der Waals surface area contributed by atoms with E-state index in [0.717, 1.165) is 16.8 Å². The van der Waals surface area contributed by atoms with Gasteiger partial charge in [0.2, 0.25) is 11.6 Å². The largest absolute Gasteiger partial charge is 0.493 e. The van der Waals surface area contributed by atoms with Gasteiger partial charge < -0.3 is 29.6 Å². The molecule has 0 saturated heterocycles. The minimum absolute atomic E-state index is 0.0766. The molecule has 0 saturated carbocycles. The second-order valence-corrected chi connectivity index (χ2v) is 6.46. The van der Waals surface area contributed by atoms with Crippen molar-refractivity contribution in [2.24, 2.45) is 5.73 Å². The minimum Gasteiger partial charge on any atom is -0.493 e. The lowest BCUT2D eigenvalue weighted by atomic mass is 9.82. The van der Waals surface area contributed by atoms with Crippen LogP contribution in [0.15, 0.2) is 41.8 Å². The molecule has 28 heavy (non-hydrogen) atoms. The normalized spacial score (nSPS) is 15.2. The first-order valence-corrected chi connectivity index (χ1v) is 8.64. The van der Waals surface area contributed by atoms with Crippen LogP contribution < -0.4 is 29.6 Å². The lowest BCUT2D eigenvalue weighted by Gasteiger charge is -2.29. The van der Waals surface area contributed by atoms with Gasteiger partial charge in [0.05, 0.1) is 27.2 Å². The van der Waals surface area contributed by atoms with E-state index < -0.39 is 5.92 Å². The second kappa shape index (κ2) is 7.61. The molecule has 1 aliphatic heterocycles. The first-order valence-electron chi connectivity index (χ1n) is 8.64. The van der Waals surface area contributed by atoms with E-state index in [2.05, 4.69) is 6.07 Å². The molecule has 0 aliphatic carbocycles. The summed E-state index contributed by atoms with van der Waals surface area (Å²) >= 11 is 0. The molecule has 0 radical (unpaired) electrons. The zero-order valence-electron chi connectivity index (χ0n) is 16.6. The Morgan fingerprint density at radius 1 is 1.00 bits per heavy atom. The van der Waals surface area contributed by atoms with Gasteiger partial charge in [0.15, 0.2) is 11.5 Å². The lowest BCUT2D eigenvalue weighted by Crippen LogP contribution is -2.22. The number of anilines is 1. The Morgan fingerprint density at radius 3 is 2.25 bits per heavy atom. The first-order chi connectivity index (χ1) is 13.5. The molecule has 1 unspecified atom stereocenters. The molecular formula is C21H23N3O4. The van der Waals surface area contributed by atoms with Crippen molar-refractivity contribution in [2.45, 2.75) is 5.92 Å². The van der Waals surface area contributed by atoms with Crippen molar-refractivity contribution in [2.75, 3.05) is 40.3 Å². The van der Waals surface area contributed by atoms with Crippen molar-refractivity contribution in [1.82, 2.24) is 0 Å². The van der Waals surface area contributed by atoms with Crippen LogP contribution in [0.4, 0.5) is 5.69 Å². The molecule has 3 rings (SSSR count). The topological polar surface area (TPSA) is 90.0 Å². The zero-order chi connectivity index (χ0) is 20.4. The molecule has 2 N–H and O–H groups in total. The van der Waals surface area contributed by atoms with Gasteiger partial charge in [0, 0.05) is 37.0 Å². The van der Waals surface area contributed by atoms with Gasteiger partial charge in [-0.2, -0.15) is 5.26 Å². The van der Waals surface area contributed by atoms with Gasteiger partial charge in [-0.15, -0.1) is 0 Å². The van der Waals surface area contributed by atoms with Crippen molar-refractivity contribution in [1.29, 1.82) is 5.26 Å². The van der Waals surface area contributed by atoms with Crippen molar-refractivity contribution >= 4 is 5.69 Å². The predicted octanol–water partition coefficient (Wildman–Crippen LogP) is 3.00. The van der Waals surface area contributed by atoms with Gasteiger partial charge in [-0.3, -0.25) is 0 Å². The van der Waals surface area contributed by atoms with Gasteiger partial charge in [0.1, 0.15) is 17.4 Å². The molecule has 0 amide bonds. The van der Waals surface area contributed by atoms with Crippen molar-refractivity contribution < 1.29 is 18.9 Å². The third kappa shape index (κ3) is 3.03. The maximum Gasteiger partial charge on any atom is 0.205 e. The molecule has 2 aromatic carbocycles. The SMILES string of the molecule is COc1ccc(C2C(C#N)=C(N)Oc3cc(N(C)C)ccc32)c(OC)c1OC. The summed E-state index contributed by atoms with van der Waals surface area (Å²) in [6.07, 6.45) is 0. The Bertz CT molecular complexity index is 976. The van der Waals surface area contributed by atoms with Crippen molar-refractivity contribution in [3.63, 3.8) is 0 Å². The number of nitrogens with two attached hydrogens (primary N) is 1. The van der Waals surface area contributed by atoms with Crippen LogP contribution >= 0.6 is 0 Å². The molecule has 0 bridgehead atoms. The number of nitriles is 1. The maximum atomic E-state index is 9.78. The Morgan fingerprint density at radius 2 is 1.68 bits per heavy atom. The zero-order valence-corrected chi connectivity index (χ0v) is 16.6. The fourth-order valence-electron chi connectivity index (χ4n) is 3.39. The fraction of sp³-hybridized carbons (Fsp3) is 0.286. The van der Waals surface area contributed by atoms with Crippen LogP contribution in [-0.4, -0.2) is 35.4 Å². The van der Waals surface area contributed by atoms with Crippen LogP contribution in [0.25, 0.3) is 0 Å². The monoisotopic (exact) mass is 381 g/mol. The molecule has 0 aromatic heterocycles. The Hall–Kier alpha value is -3.53. The van der Waals surface area contributed by atoms with Gasteiger partial charge >= 0.3 is 0 Å². The molecule has 1 aliphatic rings. The van der Waals surface area contributed by atoms with Crippen LogP contribution in [0.1, 0.15) is 17.0 Å². The quantitative estimate of drug-likeness (QED) is 0.851. The van der Waals surface area contributed by atoms with Gasteiger partial charge in [-0.25, -0.2) is 0 Å². The number of fused-ring (bicyclic) bond motifs is 1. The Labute approximate surface area is 164 Å². The molecule has 1 heterocycles. The van der Waals surface area contributed by atoms with Gasteiger partial charge in [-0.05, 0) is 12.1 Å². The van der Waals surface area contributed by atoms with E-state index in [4.69, 9.17) is 24.7 Å². The van der Waals surface area contributed by atoms with Crippen LogP contribution in [0, 0.1) is 11.3 Å². The molecule has 0 spiro atoms. The molecule has 0 fully saturated rings. The predicted molar refractivity (Wildman–Crippen MR) is 106 cm³/mol. The molecule has 146 valence electrons. The maximum absolute atomic E-state index is 9.78. The third-order valence-corrected chi connectivity index (χ3v) is 4.76. The highest BCUT2D eigenvalue weighted by atomic mass is 16.5. The van der Waals surface area contributed by atoms with Crippen molar-refractivity contribution in [3.8, 4) is 29.1 Å². The van der Waals surface area contributed by atoms with Crippen LogP contribution in [0.3, 0.4) is 0 Å². The van der Waals surface area contributed by atoms with E-state index in [1.54, 1.807) is 27.4 Å². The summed E-state index contributed by atoms with van der Waals surface area (Å²) in [5, 5.41) is 9.78. The van der Waals surface area contributed by atoms with Gasteiger partial charge in [0.25, 0.3) is 0 Å². The van der Waals surface area contributed by atoms with E-state index in [-0.39, 0.29) is 5.88 Å². The summed E-state index contributed by atoms with van der Waals surface area (Å²) in [6.45, 7) is 0. The van der Waals surface area contributed by atoms with Crippen LogP contribution in [-0.2, 0) is 0 Å². The number of hydrogen-bond donors (Lipinski definition) is 1. The first kappa shape index (κ1) is 19.2. The summed E-state index contributed by atoms with van der Waals surface area (Å²) in [6, 6.07) is 11.6. The highest BCUT2D eigenvalue weighted by molar-refractivity contribution is 5.66. The Kier molecular flexibility index (Phi) is 5.23. The molecule has 7 heteroatoms. The molecular weight excluding hydrogens is 358 g/mol. The summed E-state index contributed by atoms with van der Waals surface area (Å²) in [5.74, 6) is 1.69. The number of methoxy groups -OCH3 is 3. The van der Waals surface area contributed by atoms with Gasteiger partial charge in [-0.1, -0.05) is 12.1 Å². The van der Waals surface area contributed by atoms with E-state index >= 15 is 0 Å². The number of allylic oxidation sites excluding steroid dienone is 1. The summed E-state index contributed by atoms with van der Waals surface area (Å²) in [4.78, 5) is 1.97. The Balaban J connectivity index is 2.28. The minimum atomic E-state index is -0.459. The average Bonchev–Trinajstić information content (AvgIpc) is 2.70. The van der Waals surface area contributed by atoms with Crippen LogP contribution in [0.2, 0.25) is 0 Å². The second-order valence-electron chi connectivity index (χ2n) is 6.46. The average molecular weight is 381 g/mol. The molecule has 1 atom stereocenters. The number of benzene rings is 2. The number of nitrogens with zero attached hydrogens (tertiary/aromatic N) is 2. The van der Waals surface area contributed by atoms with E-state index in [0.29, 0.717) is 28.6 Å². The lowest BCUT2D eigenvalue weighted by molar-refractivity contribution is 0.321. The van der Waals surface area contributed by atoms with Crippen LogP contribution in [0.5, 0.6) is 23.0 Å². The third-order valence-electron chi connectivity index (χ3n) is 4.76. The number of ether oxygens (including phenoxy) is 4. The van der Waals surface area contributed by atoms with E-state index in [1.807, 2.05) is 43.3 Å². The number of hydrogen-bond acceptors (Lipinski definition) is 7. The van der Waals surface area contributed by atoms with E-state index in [9.17, 15) is 5.26 Å². The summed E-state index contributed by atoms with van der Waals surface area (Å²) in [7, 11) is 8.54. The summed E-state index contributed by atoms with van der Waals surface area (Å²) < 4.78 is 22.3. The van der Waals surface area contributed by atoms with Crippen molar-refractivity contribution in [3.05, 3.63) is 52.9 Å². The summed E-state index contributed by atoms with van der Waals surface area (Å²) in [5.41, 5.74) is 8.94. The standard InChI is InChI=1S/C21H23N3O4/c1-24(2)12-6-7-13-17(10-12)28-21(23)15(11-22)18(13)14-8-9-16(25-3)20(27-5)19(14)26-4/h6-10,18H,23H2,1-5H3. The number of rotatable bonds is 5. The highest BCUT2D eigenvalue weighted by Gasteiger charge is 2.34. The fourth-order valence-corrected chi connectivity index (χ4v) is 3.39. The molecule has 2 aromatic rings. The highest BCUT2D eigenvalue weighted by Crippen LogP contribution is 2.50. The molecule has 7 nitrogen and oxygen atoms in total. The smallest absolute Gasteiger partial charge is 0.205 e.